The van der Waals surface area contributed by atoms with Crippen LogP contribution >= 0.6 is 0 Å². The second-order valence-corrected chi connectivity index (χ2v) is 10.5. The quantitative estimate of drug-likeness (QED) is 0.387. The highest BCUT2D eigenvalue weighted by molar-refractivity contribution is 6.04. The van der Waals surface area contributed by atoms with Gasteiger partial charge in [-0.1, -0.05) is 38.9 Å². The maximum absolute atomic E-state index is 13.0. The number of benzene rings is 1. The molecule has 38 heavy (non-hydrogen) atoms. The van der Waals surface area contributed by atoms with Crippen LogP contribution in [0.5, 0.6) is 0 Å². The van der Waals surface area contributed by atoms with E-state index < -0.39 is 0 Å². The number of aromatic nitrogens is 5. The molecule has 1 aromatic carbocycles. The van der Waals surface area contributed by atoms with Gasteiger partial charge < -0.3 is 25.0 Å². The highest BCUT2D eigenvalue weighted by Gasteiger charge is 2.22. The minimum atomic E-state index is -0.287. The maximum atomic E-state index is 13.0. The molecule has 2 N–H and O–H groups in total. The molecule has 0 spiro atoms. The zero-order valence-electron chi connectivity index (χ0n) is 22.4. The van der Waals surface area contributed by atoms with Crippen LogP contribution in [0, 0.1) is 6.92 Å². The van der Waals surface area contributed by atoms with E-state index in [2.05, 4.69) is 47.5 Å². The molecule has 0 aliphatic carbocycles. The van der Waals surface area contributed by atoms with Crippen LogP contribution in [-0.2, 0) is 5.41 Å². The summed E-state index contributed by atoms with van der Waals surface area (Å²) in [6, 6.07) is 7.19. The van der Waals surface area contributed by atoms with E-state index in [0.29, 0.717) is 39.9 Å². The van der Waals surface area contributed by atoms with E-state index in [0.717, 1.165) is 44.0 Å². The van der Waals surface area contributed by atoms with Gasteiger partial charge in [0.05, 0.1) is 6.20 Å². The lowest BCUT2D eigenvalue weighted by Gasteiger charge is -2.34. The predicted octanol–water partition coefficient (Wildman–Crippen LogP) is 4.15. The molecule has 0 atom stereocenters. The van der Waals surface area contributed by atoms with Crippen LogP contribution in [0.4, 0.5) is 23.3 Å². The van der Waals surface area contributed by atoms with E-state index in [1.807, 2.05) is 33.8 Å². The van der Waals surface area contributed by atoms with E-state index >= 15 is 0 Å². The zero-order chi connectivity index (χ0) is 26.9. The summed E-state index contributed by atoms with van der Waals surface area (Å²) in [4.78, 5) is 35.8. The van der Waals surface area contributed by atoms with Gasteiger partial charge in [-0.3, -0.25) is 4.79 Å². The summed E-state index contributed by atoms with van der Waals surface area (Å²) in [5, 5.41) is 10.2. The number of fused-ring (bicyclic) bond motifs is 1. The highest BCUT2D eigenvalue weighted by atomic mass is 16.5. The SMILES string of the molecule is CCN1CCN(c2ncc3ncnc(Nc4cc(C(=O)Nc5cc(C(C)(C)C)on5)ccc4C)c3n2)CC1. The smallest absolute Gasteiger partial charge is 0.256 e. The normalized spacial score (nSPS) is 14.6. The summed E-state index contributed by atoms with van der Waals surface area (Å²) in [5.74, 6) is 2.00. The fourth-order valence-electron chi connectivity index (χ4n) is 4.25. The van der Waals surface area contributed by atoms with E-state index in [1.165, 1.54) is 6.33 Å². The molecule has 3 aromatic heterocycles. The lowest BCUT2D eigenvalue weighted by atomic mass is 9.93. The first-order chi connectivity index (χ1) is 18.2. The second kappa shape index (κ2) is 10.3. The molecule has 1 saturated heterocycles. The maximum Gasteiger partial charge on any atom is 0.256 e. The van der Waals surface area contributed by atoms with Crippen LogP contribution in [0.15, 0.2) is 41.3 Å². The Morgan fingerprint density at radius 2 is 1.87 bits per heavy atom. The Hall–Kier alpha value is -4.12. The number of anilines is 4. The molecule has 0 unspecified atom stereocenters. The average molecular weight is 516 g/mol. The molecule has 5 rings (SSSR count). The summed E-state index contributed by atoms with van der Waals surface area (Å²) >= 11 is 0. The first-order valence-corrected chi connectivity index (χ1v) is 12.8. The van der Waals surface area contributed by atoms with Crippen molar-refractivity contribution in [2.45, 2.75) is 40.0 Å². The molecular formula is C27H33N9O2. The van der Waals surface area contributed by atoms with Gasteiger partial charge in [-0.05, 0) is 31.2 Å². The van der Waals surface area contributed by atoms with E-state index in [1.54, 1.807) is 24.4 Å². The van der Waals surface area contributed by atoms with Crippen molar-refractivity contribution >= 4 is 40.2 Å². The fraction of sp³-hybridized carbons (Fsp3) is 0.407. The van der Waals surface area contributed by atoms with Crippen molar-refractivity contribution in [2.75, 3.05) is 48.3 Å². The van der Waals surface area contributed by atoms with E-state index in [9.17, 15) is 4.79 Å². The molecule has 11 nitrogen and oxygen atoms in total. The van der Waals surface area contributed by atoms with Crippen molar-refractivity contribution < 1.29 is 9.32 Å². The van der Waals surface area contributed by atoms with Gasteiger partial charge in [-0.25, -0.2) is 19.9 Å². The van der Waals surface area contributed by atoms with Crippen molar-refractivity contribution in [3.05, 3.63) is 53.7 Å². The molecule has 1 aliphatic heterocycles. The lowest BCUT2D eigenvalue weighted by molar-refractivity contribution is 0.102. The van der Waals surface area contributed by atoms with Crippen molar-refractivity contribution in [3.8, 4) is 0 Å². The van der Waals surface area contributed by atoms with Gasteiger partial charge >= 0.3 is 0 Å². The van der Waals surface area contributed by atoms with Gasteiger partial charge in [0.1, 0.15) is 23.1 Å². The van der Waals surface area contributed by atoms with Crippen molar-refractivity contribution in [2.24, 2.45) is 0 Å². The number of carbonyl (C=O) groups is 1. The third kappa shape index (κ3) is 5.42. The third-order valence-electron chi connectivity index (χ3n) is 6.71. The van der Waals surface area contributed by atoms with Crippen LogP contribution in [0.25, 0.3) is 11.0 Å². The molecule has 1 amide bonds. The first kappa shape index (κ1) is 25.5. The Labute approximate surface area is 221 Å². The highest BCUT2D eigenvalue weighted by Crippen LogP contribution is 2.27. The number of likely N-dealkylation sites (N-methyl/N-ethyl adjacent to an activating group) is 1. The molecule has 11 heteroatoms. The fourth-order valence-corrected chi connectivity index (χ4v) is 4.25. The second-order valence-electron chi connectivity index (χ2n) is 10.5. The number of amides is 1. The Morgan fingerprint density at radius 3 is 2.58 bits per heavy atom. The number of carbonyl (C=O) groups excluding carboxylic acids is 1. The summed E-state index contributed by atoms with van der Waals surface area (Å²) in [7, 11) is 0. The average Bonchev–Trinajstić information content (AvgIpc) is 3.39. The monoisotopic (exact) mass is 515 g/mol. The number of rotatable bonds is 6. The molecular weight excluding hydrogens is 482 g/mol. The van der Waals surface area contributed by atoms with Crippen LogP contribution in [0.1, 0.15) is 49.4 Å². The van der Waals surface area contributed by atoms with Crippen molar-refractivity contribution in [1.82, 2.24) is 30.0 Å². The number of aryl methyl sites for hydroxylation is 1. The van der Waals surface area contributed by atoms with Crippen molar-refractivity contribution in [3.63, 3.8) is 0 Å². The van der Waals surface area contributed by atoms with Gasteiger partial charge in [0, 0.05) is 48.9 Å². The Morgan fingerprint density at radius 1 is 1.08 bits per heavy atom. The minimum absolute atomic E-state index is 0.204. The summed E-state index contributed by atoms with van der Waals surface area (Å²) < 4.78 is 5.38. The Kier molecular flexibility index (Phi) is 6.94. The van der Waals surface area contributed by atoms with E-state index in [4.69, 9.17) is 9.51 Å². The summed E-state index contributed by atoms with van der Waals surface area (Å²) in [6.07, 6.45) is 3.22. The molecule has 0 saturated carbocycles. The van der Waals surface area contributed by atoms with Crippen LogP contribution in [-0.4, -0.2) is 68.6 Å². The topological polar surface area (TPSA) is 125 Å². The van der Waals surface area contributed by atoms with Gasteiger partial charge in [0.2, 0.25) is 5.95 Å². The zero-order valence-corrected chi connectivity index (χ0v) is 22.4. The number of piperazine rings is 1. The van der Waals surface area contributed by atoms with Gasteiger partial charge in [0.15, 0.2) is 11.6 Å². The standard InChI is InChI=1S/C27H33N9O2/c1-6-35-9-11-36(12-10-35)26-28-15-20-23(33-26)24(30-16-29-20)31-19-13-18(8-7-17(19)2)25(37)32-22-14-21(38-34-22)27(3,4)5/h7-8,13-16H,6,9-12H2,1-5H3,(H,29,30,31)(H,32,34,37). The van der Waals surface area contributed by atoms with Crippen LogP contribution in [0.3, 0.4) is 0 Å². The Balaban J connectivity index is 1.38. The largest absolute Gasteiger partial charge is 0.359 e. The van der Waals surface area contributed by atoms with Gasteiger partial charge in [-0.15, -0.1) is 0 Å². The number of nitrogens with zero attached hydrogens (tertiary/aromatic N) is 7. The number of hydrogen-bond acceptors (Lipinski definition) is 10. The lowest BCUT2D eigenvalue weighted by Crippen LogP contribution is -2.46. The molecule has 4 heterocycles. The van der Waals surface area contributed by atoms with Crippen LogP contribution < -0.4 is 15.5 Å². The first-order valence-electron chi connectivity index (χ1n) is 12.8. The van der Waals surface area contributed by atoms with Crippen LogP contribution in [0.2, 0.25) is 0 Å². The molecule has 0 radical (unpaired) electrons. The van der Waals surface area contributed by atoms with Crippen molar-refractivity contribution in [1.29, 1.82) is 0 Å². The number of nitrogens with one attached hydrogen (secondary N) is 2. The minimum Gasteiger partial charge on any atom is -0.359 e. The molecule has 0 bridgehead atoms. The molecule has 4 aromatic rings. The third-order valence-corrected chi connectivity index (χ3v) is 6.71. The van der Waals surface area contributed by atoms with Gasteiger partial charge in [-0.2, -0.15) is 0 Å². The number of hydrogen-bond donors (Lipinski definition) is 2. The molecule has 1 fully saturated rings. The molecule has 198 valence electrons. The van der Waals surface area contributed by atoms with Gasteiger partial charge in [0.25, 0.3) is 5.91 Å². The Bertz CT molecular complexity index is 1450. The summed E-state index contributed by atoms with van der Waals surface area (Å²) in [6.45, 7) is 15.0. The predicted molar refractivity (Wildman–Crippen MR) is 147 cm³/mol. The molecule has 1 aliphatic rings. The summed E-state index contributed by atoms with van der Waals surface area (Å²) in [5.41, 5.74) is 3.23. The van der Waals surface area contributed by atoms with E-state index in [-0.39, 0.29) is 11.3 Å².